The maximum Gasteiger partial charge on any atom is 0.329 e. The summed E-state index contributed by atoms with van der Waals surface area (Å²) >= 11 is 0. The molecule has 0 bridgehead atoms. The van der Waals surface area contributed by atoms with Gasteiger partial charge in [0.1, 0.15) is 17.2 Å². The lowest BCUT2D eigenvalue weighted by Gasteiger charge is -2.32. The van der Waals surface area contributed by atoms with Gasteiger partial charge in [0, 0.05) is 18.5 Å². The van der Waals surface area contributed by atoms with Gasteiger partial charge in [-0.1, -0.05) is 0 Å². The Kier molecular flexibility index (Phi) is 2.62. The Morgan fingerprint density at radius 1 is 1.58 bits per heavy atom. The van der Waals surface area contributed by atoms with E-state index in [1.165, 1.54) is 6.07 Å². The number of carboxylic acid groups (broad SMARTS) is 1. The Labute approximate surface area is 110 Å². The molecule has 102 valence electrons. The van der Waals surface area contributed by atoms with Gasteiger partial charge in [-0.3, -0.25) is 4.79 Å². The van der Waals surface area contributed by atoms with Crippen molar-refractivity contribution in [1.29, 1.82) is 0 Å². The molecule has 2 heterocycles. The first-order valence-corrected chi connectivity index (χ1v) is 6.63. The fourth-order valence-corrected chi connectivity index (χ4v) is 2.70. The van der Waals surface area contributed by atoms with E-state index in [2.05, 4.69) is 9.97 Å². The summed E-state index contributed by atoms with van der Waals surface area (Å²) in [6, 6.07) is 1.40. The lowest BCUT2D eigenvalue weighted by molar-refractivity contribution is -0.142. The summed E-state index contributed by atoms with van der Waals surface area (Å²) in [7, 11) is 0. The second kappa shape index (κ2) is 4.08. The SMILES string of the molecule is CC1(C(=O)O)CCCN1c1cc(=O)[nH]c(C2CC2)n1. The minimum absolute atomic E-state index is 0.202. The van der Waals surface area contributed by atoms with Crippen LogP contribution in [0, 0.1) is 0 Å². The van der Waals surface area contributed by atoms with Gasteiger partial charge in [-0.25, -0.2) is 9.78 Å². The summed E-state index contributed by atoms with van der Waals surface area (Å²) in [5, 5.41) is 9.41. The summed E-state index contributed by atoms with van der Waals surface area (Å²) in [6.07, 6.45) is 3.47. The van der Waals surface area contributed by atoms with Gasteiger partial charge < -0.3 is 15.0 Å². The van der Waals surface area contributed by atoms with Gasteiger partial charge in [-0.15, -0.1) is 0 Å². The van der Waals surface area contributed by atoms with Crippen LogP contribution in [0.15, 0.2) is 10.9 Å². The van der Waals surface area contributed by atoms with E-state index >= 15 is 0 Å². The number of carboxylic acids is 1. The minimum atomic E-state index is -0.957. The summed E-state index contributed by atoms with van der Waals surface area (Å²) in [5.41, 5.74) is -1.16. The predicted octanol–water partition coefficient (Wildman–Crippen LogP) is 1.09. The van der Waals surface area contributed by atoms with Gasteiger partial charge in [-0.05, 0) is 32.6 Å². The highest BCUT2D eigenvalue weighted by Crippen LogP contribution is 2.39. The highest BCUT2D eigenvalue weighted by Gasteiger charge is 2.44. The van der Waals surface area contributed by atoms with Crippen molar-refractivity contribution in [3.8, 4) is 0 Å². The highest BCUT2D eigenvalue weighted by atomic mass is 16.4. The first-order chi connectivity index (χ1) is 9.00. The smallest absolute Gasteiger partial charge is 0.329 e. The van der Waals surface area contributed by atoms with Crippen LogP contribution < -0.4 is 10.5 Å². The van der Waals surface area contributed by atoms with Crippen LogP contribution in [0.25, 0.3) is 0 Å². The molecule has 1 aliphatic heterocycles. The molecule has 0 amide bonds. The number of nitrogens with zero attached hydrogens (tertiary/aromatic N) is 2. The molecule has 0 aromatic carbocycles. The number of rotatable bonds is 3. The van der Waals surface area contributed by atoms with E-state index in [4.69, 9.17) is 0 Å². The molecule has 2 fully saturated rings. The zero-order chi connectivity index (χ0) is 13.6. The third kappa shape index (κ3) is 2.01. The van der Waals surface area contributed by atoms with E-state index in [-0.39, 0.29) is 5.56 Å². The highest BCUT2D eigenvalue weighted by molar-refractivity contribution is 5.83. The maximum absolute atomic E-state index is 11.7. The Morgan fingerprint density at radius 3 is 2.95 bits per heavy atom. The monoisotopic (exact) mass is 263 g/mol. The molecule has 1 saturated heterocycles. The number of nitrogens with one attached hydrogen (secondary N) is 1. The summed E-state index contributed by atoms with van der Waals surface area (Å²) in [5.74, 6) is 0.668. The van der Waals surface area contributed by atoms with Crippen LogP contribution >= 0.6 is 0 Å². The van der Waals surface area contributed by atoms with Crippen molar-refractivity contribution < 1.29 is 9.90 Å². The molecule has 6 nitrogen and oxygen atoms in total. The molecule has 2 aliphatic rings. The van der Waals surface area contributed by atoms with E-state index in [0.29, 0.717) is 30.5 Å². The molecule has 6 heteroatoms. The summed E-state index contributed by atoms with van der Waals surface area (Å²) in [6.45, 7) is 2.32. The zero-order valence-electron chi connectivity index (χ0n) is 10.8. The van der Waals surface area contributed by atoms with Gasteiger partial charge in [0.15, 0.2) is 0 Å². The fourth-order valence-electron chi connectivity index (χ4n) is 2.70. The molecule has 1 atom stereocenters. The van der Waals surface area contributed by atoms with Gasteiger partial charge in [-0.2, -0.15) is 0 Å². The maximum atomic E-state index is 11.7. The number of aliphatic carboxylic acids is 1. The topological polar surface area (TPSA) is 86.3 Å². The first kappa shape index (κ1) is 12.2. The molecule has 1 aliphatic carbocycles. The van der Waals surface area contributed by atoms with Crippen LogP contribution in [0.1, 0.15) is 44.3 Å². The Bertz CT molecular complexity index is 579. The number of carbonyl (C=O) groups is 1. The minimum Gasteiger partial charge on any atom is -0.480 e. The molecule has 0 radical (unpaired) electrons. The third-order valence-corrected chi connectivity index (χ3v) is 4.09. The molecule has 3 rings (SSSR count). The quantitative estimate of drug-likeness (QED) is 0.852. The van der Waals surface area contributed by atoms with Crippen molar-refractivity contribution in [2.24, 2.45) is 0 Å². The van der Waals surface area contributed by atoms with Crippen LogP contribution in [0.3, 0.4) is 0 Å². The van der Waals surface area contributed by atoms with Crippen molar-refractivity contribution in [1.82, 2.24) is 9.97 Å². The van der Waals surface area contributed by atoms with Crippen molar-refractivity contribution in [2.75, 3.05) is 11.4 Å². The fraction of sp³-hybridized carbons (Fsp3) is 0.615. The number of anilines is 1. The zero-order valence-corrected chi connectivity index (χ0v) is 10.8. The van der Waals surface area contributed by atoms with E-state index in [9.17, 15) is 14.7 Å². The molecular formula is C13H17N3O3. The van der Waals surface area contributed by atoms with E-state index in [1.807, 2.05) is 0 Å². The number of hydrogen-bond acceptors (Lipinski definition) is 4. The molecule has 1 aromatic heterocycles. The molecule has 19 heavy (non-hydrogen) atoms. The van der Waals surface area contributed by atoms with Crippen LogP contribution in [0.2, 0.25) is 0 Å². The largest absolute Gasteiger partial charge is 0.480 e. The van der Waals surface area contributed by atoms with Crippen LogP contribution in [-0.4, -0.2) is 33.1 Å². The average Bonchev–Trinajstić information content (AvgIpc) is 3.12. The van der Waals surface area contributed by atoms with Crippen LogP contribution in [0.5, 0.6) is 0 Å². The Morgan fingerprint density at radius 2 is 2.32 bits per heavy atom. The molecule has 2 N–H and O–H groups in total. The van der Waals surface area contributed by atoms with Crippen molar-refractivity contribution >= 4 is 11.8 Å². The Balaban J connectivity index is 2.01. The summed E-state index contributed by atoms with van der Waals surface area (Å²) in [4.78, 5) is 32.1. The normalized spacial score (nSPS) is 26.7. The van der Waals surface area contributed by atoms with Crippen molar-refractivity contribution in [2.45, 2.75) is 44.1 Å². The standard InChI is InChI=1S/C13H17N3O3/c1-13(12(18)19)5-2-6-16(13)9-7-10(17)15-11(14-9)8-3-4-8/h7-8H,2-6H2,1H3,(H,18,19)(H,14,15,17). The van der Waals surface area contributed by atoms with E-state index < -0.39 is 11.5 Å². The number of hydrogen-bond donors (Lipinski definition) is 2. The van der Waals surface area contributed by atoms with Gasteiger partial charge in [0.05, 0.1) is 0 Å². The van der Waals surface area contributed by atoms with Crippen molar-refractivity contribution in [3.05, 3.63) is 22.2 Å². The van der Waals surface area contributed by atoms with Crippen molar-refractivity contribution in [3.63, 3.8) is 0 Å². The molecule has 1 saturated carbocycles. The number of aromatic amines is 1. The van der Waals surface area contributed by atoms with E-state index in [1.54, 1.807) is 11.8 Å². The third-order valence-electron chi connectivity index (χ3n) is 4.09. The summed E-state index contributed by atoms with van der Waals surface area (Å²) < 4.78 is 0. The lowest BCUT2D eigenvalue weighted by Crippen LogP contribution is -2.48. The second-order valence-corrected chi connectivity index (χ2v) is 5.60. The second-order valence-electron chi connectivity index (χ2n) is 5.60. The van der Waals surface area contributed by atoms with Gasteiger partial charge in [0.25, 0.3) is 5.56 Å². The van der Waals surface area contributed by atoms with Crippen LogP contribution in [-0.2, 0) is 4.79 Å². The number of aromatic nitrogens is 2. The molecule has 0 spiro atoms. The van der Waals surface area contributed by atoms with Crippen LogP contribution in [0.4, 0.5) is 5.82 Å². The van der Waals surface area contributed by atoms with Gasteiger partial charge >= 0.3 is 5.97 Å². The Hall–Kier alpha value is -1.85. The molecular weight excluding hydrogens is 246 g/mol. The molecule has 1 unspecified atom stereocenters. The molecule has 1 aromatic rings. The van der Waals surface area contributed by atoms with E-state index in [0.717, 1.165) is 19.3 Å². The average molecular weight is 263 g/mol. The predicted molar refractivity (Wildman–Crippen MR) is 69.5 cm³/mol. The first-order valence-electron chi connectivity index (χ1n) is 6.63. The number of H-pyrrole nitrogens is 1. The van der Waals surface area contributed by atoms with Gasteiger partial charge in [0.2, 0.25) is 0 Å². The lowest BCUT2D eigenvalue weighted by atomic mass is 9.99.